The summed E-state index contributed by atoms with van der Waals surface area (Å²) in [6.45, 7) is 0.537. The number of aromatic hydroxyl groups is 1. The average Bonchev–Trinajstić information content (AvgIpc) is 2.57. The van der Waals surface area contributed by atoms with Gasteiger partial charge in [-0.05, 0) is 12.1 Å². The second-order valence-electron chi connectivity index (χ2n) is 2.87. The molecule has 1 atom stereocenters. The van der Waals surface area contributed by atoms with Gasteiger partial charge in [-0.1, -0.05) is 17.7 Å². The summed E-state index contributed by atoms with van der Waals surface area (Å²) in [5.74, 6) is 0.156. The van der Waals surface area contributed by atoms with Crippen LogP contribution in [0.4, 0.5) is 0 Å². The molecule has 1 heterocycles. The molecule has 13 heavy (non-hydrogen) atoms. The van der Waals surface area contributed by atoms with Crippen molar-refractivity contribution in [1.82, 2.24) is 0 Å². The predicted molar refractivity (Wildman–Crippen MR) is 47.5 cm³/mol. The Bertz CT molecular complexity index is 287. The highest BCUT2D eigenvalue weighted by molar-refractivity contribution is 6.31. The third-order valence-electron chi connectivity index (χ3n) is 2.00. The van der Waals surface area contributed by atoms with Gasteiger partial charge >= 0.3 is 0 Å². The molecular formula is C9H9ClO3. The van der Waals surface area contributed by atoms with Crippen molar-refractivity contribution in [2.24, 2.45) is 0 Å². The number of hydrogen-bond acceptors (Lipinski definition) is 3. The molecule has 3 nitrogen and oxygen atoms in total. The maximum absolute atomic E-state index is 9.53. The lowest BCUT2D eigenvalue weighted by Crippen LogP contribution is -1.96. The van der Waals surface area contributed by atoms with E-state index in [0.717, 1.165) is 6.42 Å². The first kappa shape index (κ1) is 8.81. The van der Waals surface area contributed by atoms with Gasteiger partial charge in [0.25, 0.3) is 0 Å². The lowest BCUT2D eigenvalue weighted by molar-refractivity contribution is -0.276. The molecule has 70 valence electrons. The summed E-state index contributed by atoms with van der Waals surface area (Å²) in [6.07, 6.45) is 0.478. The number of rotatable bonds is 1. The molecule has 0 aromatic heterocycles. The summed E-state index contributed by atoms with van der Waals surface area (Å²) in [7, 11) is 0. The zero-order valence-corrected chi connectivity index (χ0v) is 7.62. The van der Waals surface area contributed by atoms with Crippen LogP contribution >= 0.6 is 11.6 Å². The van der Waals surface area contributed by atoms with Crippen LogP contribution in [0.3, 0.4) is 0 Å². The van der Waals surface area contributed by atoms with Crippen LogP contribution in [0, 0.1) is 0 Å². The lowest BCUT2D eigenvalue weighted by atomic mass is 10.1. The molecule has 1 N–H and O–H groups in total. The van der Waals surface area contributed by atoms with Crippen molar-refractivity contribution in [2.45, 2.75) is 12.5 Å². The summed E-state index contributed by atoms with van der Waals surface area (Å²) >= 11 is 5.91. The molecule has 0 spiro atoms. The van der Waals surface area contributed by atoms with E-state index in [0.29, 0.717) is 17.2 Å². The first-order valence-electron chi connectivity index (χ1n) is 4.04. The van der Waals surface area contributed by atoms with Crippen LogP contribution in [0.5, 0.6) is 5.75 Å². The standard InChI is InChI=1S/C9H9ClO3/c10-6-2-1-3-7(11)9(6)8-4-5-12-13-8/h1-3,8,11H,4-5H2. The Morgan fingerprint density at radius 2 is 2.31 bits per heavy atom. The summed E-state index contributed by atoms with van der Waals surface area (Å²) in [6, 6.07) is 5.00. The Hall–Kier alpha value is -0.770. The third-order valence-corrected chi connectivity index (χ3v) is 2.33. The van der Waals surface area contributed by atoms with E-state index in [2.05, 4.69) is 0 Å². The van der Waals surface area contributed by atoms with Crippen molar-refractivity contribution in [2.75, 3.05) is 6.61 Å². The molecule has 1 aliphatic heterocycles. The summed E-state index contributed by atoms with van der Waals surface area (Å²) in [5.41, 5.74) is 0.613. The minimum atomic E-state index is -0.242. The Morgan fingerprint density at radius 1 is 1.46 bits per heavy atom. The highest BCUT2D eigenvalue weighted by Gasteiger charge is 2.24. The van der Waals surface area contributed by atoms with E-state index < -0.39 is 0 Å². The van der Waals surface area contributed by atoms with E-state index in [1.54, 1.807) is 18.2 Å². The maximum Gasteiger partial charge on any atom is 0.125 e. The van der Waals surface area contributed by atoms with Crippen LogP contribution < -0.4 is 0 Å². The van der Waals surface area contributed by atoms with Gasteiger partial charge in [0.2, 0.25) is 0 Å². The van der Waals surface area contributed by atoms with Gasteiger partial charge in [0.15, 0.2) is 0 Å². The number of halogens is 1. The maximum atomic E-state index is 9.53. The van der Waals surface area contributed by atoms with Gasteiger partial charge < -0.3 is 5.11 Å². The molecule has 0 aliphatic carbocycles. The predicted octanol–water partition coefficient (Wildman–Crippen LogP) is 2.44. The fourth-order valence-electron chi connectivity index (χ4n) is 1.37. The third kappa shape index (κ3) is 1.63. The van der Waals surface area contributed by atoms with Crippen LogP contribution in [0.1, 0.15) is 18.1 Å². The van der Waals surface area contributed by atoms with E-state index in [-0.39, 0.29) is 11.9 Å². The summed E-state index contributed by atoms with van der Waals surface area (Å²) in [4.78, 5) is 9.71. The van der Waals surface area contributed by atoms with Crippen LogP contribution in [0.15, 0.2) is 18.2 Å². The average molecular weight is 201 g/mol. The largest absolute Gasteiger partial charge is 0.508 e. The van der Waals surface area contributed by atoms with Crippen LogP contribution in [0.25, 0.3) is 0 Å². The van der Waals surface area contributed by atoms with Crippen LogP contribution in [-0.4, -0.2) is 11.7 Å². The fourth-order valence-corrected chi connectivity index (χ4v) is 1.66. The van der Waals surface area contributed by atoms with Gasteiger partial charge in [-0.15, -0.1) is 0 Å². The monoisotopic (exact) mass is 200 g/mol. The molecule has 0 radical (unpaired) electrons. The van der Waals surface area contributed by atoms with E-state index in [1.807, 2.05) is 0 Å². The van der Waals surface area contributed by atoms with E-state index >= 15 is 0 Å². The van der Waals surface area contributed by atoms with Crippen molar-refractivity contribution >= 4 is 11.6 Å². The van der Waals surface area contributed by atoms with Crippen molar-refractivity contribution in [3.63, 3.8) is 0 Å². The molecule has 0 bridgehead atoms. The Morgan fingerprint density at radius 3 is 2.92 bits per heavy atom. The molecule has 2 rings (SSSR count). The normalized spacial score (nSPS) is 22.1. The molecule has 1 fully saturated rings. The lowest BCUT2D eigenvalue weighted by Gasteiger charge is -2.10. The van der Waals surface area contributed by atoms with Crippen molar-refractivity contribution < 1.29 is 14.9 Å². The smallest absolute Gasteiger partial charge is 0.125 e. The number of phenolic OH excluding ortho intramolecular Hbond substituents is 1. The Labute approximate surface area is 80.8 Å². The van der Waals surface area contributed by atoms with Crippen molar-refractivity contribution in [3.05, 3.63) is 28.8 Å². The minimum absolute atomic E-state index is 0.156. The molecule has 0 amide bonds. The second-order valence-corrected chi connectivity index (χ2v) is 3.28. The number of hydrogen-bond donors (Lipinski definition) is 1. The number of phenols is 1. The molecule has 0 saturated carbocycles. The minimum Gasteiger partial charge on any atom is -0.508 e. The van der Waals surface area contributed by atoms with E-state index in [4.69, 9.17) is 21.4 Å². The summed E-state index contributed by atoms with van der Waals surface area (Å²) < 4.78 is 0. The van der Waals surface area contributed by atoms with E-state index in [9.17, 15) is 5.11 Å². The van der Waals surface area contributed by atoms with Gasteiger partial charge in [-0.2, -0.15) is 0 Å². The summed E-state index contributed by atoms with van der Waals surface area (Å²) in [5, 5.41) is 10.0. The van der Waals surface area contributed by atoms with Gasteiger partial charge in [0.1, 0.15) is 11.9 Å². The van der Waals surface area contributed by atoms with Crippen molar-refractivity contribution in [1.29, 1.82) is 0 Å². The molecule has 1 aromatic carbocycles. The molecule has 4 heteroatoms. The second kappa shape index (κ2) is 3.54. The fraction of sp³-hybridized carbons (Fsp3) is 0.333. The van der Waals surface area contributed by atoms with Gasteiger partial charge in [0, 0.05) is 12.0 Å². The highest BCUT2D eigenvalue weighted by atomic mass is 35.5. The molecule has 1 aromatic rings. The topological polar surface area (TPSA) is 38.7 Å². The highest BCUT2D eigenvalue weighted by Crippen LogP contribution is 2.37. The zero-order chi connectivity index (χ0) is 9.26. The van der Waals surface area contributed by atoms with Gasteiger partial charge in [0.05, 0.1) is 11.6 Å². The Kier molecular flexibility index (Phi) is 2.40. The Balaban J connectivity index is 2.37. The van der Waals surface area contributed by atoms with Crippen LogP contribution in [-0.2, 0) is 9.78 Å². The van der Waals surface area contributed by atoms with Crippen molar-refractivity contribution in [3.8, 4) is 5.75 Å². The molecule has 1 aliphatic rings. The SMILES string of the molecule is Oc1cccc(Cl)c1C1CCOO1. The van der Waals surface area contributed by atoms with Gasteiger partial charge in [-0.25, -0.2) is 9.78 Å². The number of benzene rings is 1. The first-order chi connectivity index (χ1) is 6.29. The molecule has 1 saturated heterocycles. The molecular weight excluding hydrogens is 192 g/mol. The van der Waals surface area contributed by atoms with E-state index in [1.165, 1.54) is 0 Å². The quantitative estimate of drug-likeness (QED) is 0.708. The first-order valence-corrected chi connectivity index (χ1v) is 4.42. The van der Waals surface area contributed by atoms with Crippen LogP contribution in [0.2, 0.25) is 5.02 Å². The molecule has 1 unspecified atom stereocenters. The van der Waals surface area contributed by atoms with Gasteiger partial charge in [-0.3, -0.25) is 0 Å². The zero-order valence-electron chi connectivity index (χ0n) is 6.87.